The van der Waals surface area contributed by atoms with E-state index in [0.29, 0.717) is 6.04 Å². The first kappa shape index (κ1) is 17.1. The average molecular weight is 345 g/mol. The largest absolute Gasteiger partial charge is 0.361 e. The number of aromatic nitrogens is 1. The molecular weight excluding hydrogens is 316 g/mol. The van der Waals surface area contributed by atoms with E-state index in [2.05, 4.69) is 71.8 Å². The zero-order chi connectivity index (χ0) is 17.8. The van der Waals surface area contributed by atoms with Crippen molar-refractivity contribution in [2.75, 3.05) is 6.54 Å². The second-order valence-corrected chi connectivity index (χ2v) is 7.51. The predicted octanol–water partition coefficient (Wildman–Crippen LogP) is 5.63. The van der Waals surface area contributed by atoms with E-state index in [4.69, 9.17) is 0 Å². The Balaban J connectivity index is 1.28. The van der Waals surface area contributed by atoms with Crippen LogP contribution in [0.2, 0.25) is 0 Å². The minimum absolute atomic E-state index is 0.611. The first-order valence-corrected chi connectivity index (χ1v) is 9.84. The zero-order valence-corrected chi connectivity index (χ0v) is 15.6. The molecule has 0 aliphatic carbocycles. The fourth-order valence-corrected chi connectivity index (χ4v) is 4.05. The third kappa shape index (κ3) is 3.91. The molecule has 134 valence electrons. The Kier molecular flexibility index (Phi) is 5.21. The number of rotatable bonds is 6. The van der Waals surface area contributed by atoms with Gasteiger partial charge in [-0.25, -0.2) is 0 Å². The van der Waals surface area contributed by atoms with Gasteiger partial charge in [0.25, 0.3) is 0 Å². The predicted molar refractivity (Wildman–Crippen MR) is 111 cm³/mol. The monoisotopic (exact) mass is 344 g/mol. The summed E-state index contributed by atoms with van der Waals surface area (Å²) in [4.78, 5) is 3.31. The van der Waals surface area contributed by atoms with Crippen molar-refractivity contribution in [3.05, 3.63) is 77.5 Å². The second kappa shape index (κ2) is 7.92. The van der Waals surface area contributed by atoms with Gasteiger partial charge in [0.1, 0.15) is 0 Å². The highest BCUT2D eigenvalue weighted by Crippen LogP contribution is 2.25. The number of H-pyrrole nitrogens is 1. The van der Waals surface area contributed by atoms with Gasteiger partial charge in [-0.15, -0.1) is 0 Å². The standard InChI is InChI=1S/C24H28N2/c1-18-9-11-19(12-10-18)21-13-15-25-22(17-21)7-3-2-5-20-6-4-8-24-23(20)14-16-26-24/h4,6,8-14,16,22,25-26H,2-3,5,7,15,17H2,1H3. The summed E-state index contributed by atoms with van der Waals surface area (Å²) >= 11 is 0. The molecule has 0 saturated heterocycles. The van der Waals surface area contributed by atoms with E-state index < -0.39 is 0 Å². The summed E-state index contributed by atoms with van der Waals surface area (Å²) in [6.45, 7) is 3.15. The highest BCUT2D eigenvalue weighted by Gasteiger charge is 2.15. The number of nitrogens with one attached hydrogen (secondary N) is 2. The topological polar surface area (TPSA) is 27.8 Å². The van der Waals surface area contributed by atoms with Gasteiger partial charge in [-0.2, -0.15) is 0 Å². The van der Waals surface area contributed by atoms with Crippen LogP contribution in [0.4, 0.5) is 0 Å². The molecule has 3 aromatic rings. The minimum atomic E-state index is 0.611. The molecule has 2 aromatic carbocycles. The molecule has 2 heterocycles. The Labute approximate surface area is 156 Å². The maximum atomic E-state index is 3.67. The highest BCUT2D eigenvalue weighted by atomic mass is 14.9. The summed E-state index contributed by atoms with van der Waals surface area (Å²) in [5.74, 6) is 0. The number of unbranched alkanes of at least 4 members (excludes halogenated alkanes) is 1. The smallest absolute Gasteiger partial charge is 0.0456 e. The molecule has 1 aromatic heterocycles. The normalized spacial score (nSPS) is 17.4. The SMILES string of the molecule is Cc1ccc(C2=CCNC(CCCCc3cccc4[nH]ccc34)C2)cc1. The van der Waals surface area contributed by atoms with Gasteiger partial charge in [-0.3, -0.25) is 0 Å². The van der Waals surface area contributed by atoms with Crippen LogP contribution < -0.4 is 5.32 Å². The van der Waals surface area contributed by atoms with Crippen LogP contribution in [-0.4, -0.2) is 17.6 Å². The number of aromatic amines is 1. The number of hydrogen-bond acceptors (Lipinski definition) is 1. The van der Waals surface area contributed by atoms with E-state index in [-0.39, 0.29) is 0 Å². The lowest BCUT2D eigenvalue weighted by Crippen LogP contribution is -2.32. The van der Waals surface area contributed by atoms with Crippen molar-refractivity contribution >= 4 is 16.5 Å². The molecular formula is C24H28N2. The molecule has 0 bridgehead atoms. The Bertz CT molecular complexity index is 886. The molecule has 0 saturated carbocycles. The molecule has 2 heteroatoms. The van der Waals surface area contributed by atoms with Gasteiger partial charge in [-0.1, -0.05) is 54.5 Å². The average Bonchev–Trinajstić information content (AvgIpc) is 3.16. The van der Waals surface area contributed by atoms with E-state index in [1.807, 2.05) is 6.20 Å². The van der Waals surface area contributed by atoms with Crippen molar-refractivity contribution in [3.8, 4) is 0 Å². The molecule has 1 unspecified atom stereocenters. The van der Waals surface area contributed by atoms with Gasteiger partial charge < -0.3 is 10.3 Å². The van der Waals surface area contributed by atoms with Crippen LogP contribution in [-0.2, 0) is 6.42 Å². The maximum Gasteiger partial charge on any atom is 0.0456 e. The Hall–Kier alpha value is -2.32. The van der Waals surface area contributed by atoms with Gasteiger partial charge in [0, 0.05) is 29.7 Å². The molecule has 2 N–H and O–H groups in total. The summed E-state index contributed by atoms with van der Waals surface area (Å²) in [6, 6.07) is 18.4. The fourth-order valence-electron chi connectivity index (χ4n) is 4.05. The fraction of sp³-hybridized carbons (Fsp3) is 0.333. The van der Waals surface area contributed by atoms with Crippen LogP contribution in [0.3, 0.4) is 0 Å². The molecule has 4 rings (SSSR count). The summed E-state index contributed by atoms with van der Waals surface area (Å²) < 4.78 is 0. The van der Waals surface area contributed by atoms with Crippen LogP contribution in [0.1, 0.15) is 42.4 Å². The Morgan fingerprint density at radius 3 is 2.77 bits per heavy atom. The minimum Gasteiger partial charge on any atom is -0.361 e. The van der Waals surface area contributed by atoms with E-state index in [1.165, 1.54) is 58.8 Å². The van der Waals surface area contributed by atoms with Crippen molar-refractivity contribution in [1.29, 1.82) is 0 Å². The molecule has 0 spiro atoms. The second-order valence-electron chi connectivity index (χ2n) is 7.51. The first-order chi connectivity index (χ1) is 12.8. The van der Waals surface area contributed by atoms with Gasteiger partial charge in [0.15, 0.2) is 0 Å². The summed E-state index contributed by atoms with van der Waals surface area (Å²) in [6.07, 6.45) is 10.5. The highest BCUT2D eigenvalue weighted by molar-refractivity contribution is 5.82. The van der Waals surface area contributed by atoms with Gasteiger partial charge in [0.05, 0.1) is 0 Å². The van der Waals surface area contributed by atoms with E-state index in [0.717, 1.165) is 13.0 Å². The lowest BCUT2D eigenvalue weighted by Gasteiger charge is -2.24. The maximum absolute atomic E-state index is 3.67. The molecule has 1 aliphatic heterocycles. The van der Waals surface area contributed by atoms with Crippen LogP contribution in [0.15, 0.2) is 60.8 Å². The van der Waals surface area contributed by atoms with Crippen LogP contribution in [0.5, 0.6) is 0 Å². The Morgan fingerprint density at radius 2 is 1.88 bits per heavy atom. The van der Waals surface area contributed by atoms with Crippen molar-refractivity contribution in [3.63, 3.8) is 0 Å². The first-order valence-electron chi connectivity index (χ1n) is 9.84. The van der Waals surface area contributed by atoms with E-state index in [1.54, 1.807) is 0 Å². The molecule has 0 amide bonds. The number of benzene rings is 2. The number of hydrogen-bond donors (Lipinski definition) is 2. The van der Waals surface area contributed by atoms with Gasteiger partial charge in [-0.05, 0) is 61.4 Å². The van der Waals surface area contributed by atoms with Crippen LogP contribution in [0, 0.1) is 6.92 Å². The molecule has 0 fully saturated rings. The summed E-state index contributed by atoms with van der Waals surface area (Å²) in [5.41, 5.74) is 6.95. The molecule has 1 atom stereocenters. The third-order valence-corrected chi connectivity index (χ3v) is 5.58. The van der Waals surface area contributed by atoms with Gasteiger partial charge >= 0.3 is 0 Å². The Morgan fingerprint density at radius 1 is 1.00 bits per heavy atom. The number of aryl methyl sites for hydroxylation is 2. The van der Waals surface area contributed by atoms with Crippen LogP contribution in [0.25, 0.3) is 16.5 Å². The lowest BCUT2D eigenvalue weighted by molar-refractivity contribution is 0.477. The summed E-state index contributed by atoms with van der Waals surface area (Å²) in [5, 5.41) is 5.06. The third-order valence-electron chi connectivity index (χ3n) is 5.58. The van der Waals surface area contributed by atoms with Crippen molar-refractivity contribution in [2.45, 2.75) is 45.1 Å². The summed E-state index contributed by atoms with van der Waals surface area (Å²) in [7, 11) is 0. The van der Waals surface area contributed by atoms with Crippen LogP contribution >= 0.6 is 0 Å². The zero-order valence-electron chi connectivity index (χ0n) is 15.6. The number of fused-ring (bicyclic) bond motifs is 1. The van der Waals surface area contributed by atoms with Crippen molar-refractivity contribution < 1.29 is 0 Å². The molecule has 26 heavy (non-hydrogen) atoms. The van der Waals surface area contributed by atoms with Crippen molar-refractivity contribution in [2.24, 2.45) is 0 Å². The quantitative estimate of drug-likeness (QED) is 0.557. The van der Waals surface area contributed by atoms with E-state index >= 15 is 0 Å². The molecule has 2 nitrogen and oxygen atoms in total. The van der Waals surface area contributed by atoms with E-state index in [9.17, 15) is 0 Å². The lowest BCUT2D eigenvalue weighted by atomic mass is 9.92. The molecule has 1 aliphatic rings. The van der Waals surface area contributed by atoms with Crippen molar-refractivity contribution in [1.82, 2.24) is 10.3 Å². The van der Waals surface area contributed by atoms with Gasteiger partial charge in [0.2, 0.25) is 0 Å². The molecule has 0 radical (unpaired) electrons.